The quantitative estimate of drug-likeness (QED) is 0.710. The minimum atomic E-state index is -0.572. The van der Waals surface area contributed by atoms with Gasteiger partial charge >= 0.3 is 0 Å². The number of ether oxygens (including phenoxy) is 1. The van der Waals surface area contributed by atoms with E-state index >= 15 is 0 Å². The van der Waals surface area contributed by atoms with Crippen LogP contribution in [0, 0.1) is 11.3 Å². The first-order valence-electron chi connectivity index (χ1n) is 5.24. The minimum Gasteiger partial charge on any atom is -0.375 e. The van der Waals surface area contributed by atoms with Crippen molar-refractivity contribution in [3.8, 4) is 6.07 Å². The average Bonchev–Trinajstić information content (AvgIpc) is 2.13. The zero-order chi connectivity index (χ0) is 11.2. The molecule has 0 aromatic heterocycles. The van der Waals surface area contributed by atoms with E-state index in [0.29, 0.717) is 12.6 Å². The molecule has 1 N–H and O–H groups in total. The van der Waals surface area contributed by atoms with Crippen molar-refractivity contribution < 1.29 is 4.74 Å². The molecule has 3 heteroatoms. The van der Waals surface area contributed by atoms with Crippen LogP contribution >= 0.6 is 0 Å². The molecule has 0 heterocycles. The Kier molecular flexibility index (Phi) is 5.75. The predicted molar refractivity (Wildman–Crippen MR) is 58.0 cm³/mol. The van der Waals surface area contributed by atoms with Gasteiger partial charge in [0, 0.05) is 6.04 Å². The third-order valence-electron chi connectivity index (χ3n) is 2.09. The van der Waals surface area contributed by atoms with Crippen LogP contribution in [0.4, 0.5) is 0 Å². The van der Waals surface area contributed by atoms with Crippen molar-refractivity contribution in [1.29, 1.82) is 5.26 Å². The highest BCUT2D eigenvalue weighted by molar-refractivity contribution is 5.04. The molecule has 0 aliphatic heterocycles. The highest BCUT2D eigenvalue weighted by Gasteiger charge is 2.25. The summed E-state index contributed by atoms with van der Waals surface area (Å²) in [7, 11) is 0. The lowest BCUT2D eigenvalue weighted by Gasteiger charge is -2.27. The summed E-state index contributed by atoms with van der Waals surface area (Å²) < 4.78 is 5.56. The van der Waals surface area contributed by atoms with Gasteiger partial charge in [0.05, 0.1) is 18.8 Å². The Bertz CT molecular complexity index is 198. The monoisotopic (exact) mass is 198 g/mol. The van der Waals surface area contributed by atoms with Crippen LogP contribution in [0.2, 0.25) is 0 Å². The van der Waals surface area contributed by atoms with Gasteiger partial charge in [0.25, 0.3) is 0 Å². The van der Waals surface area contributed by atoms with Gasteiger partial charge in [0.15, 0.2) is 0 Å². The van der Waals surface area contributed by atoms with E-state index in [2.05, 4.69) is 18.3 Å². The molecule has 0 fully saturated rings. The lowest BCUT2D eigenvalue weighted by Crippen LogP contribution is -2.49. The molecule has 14 heavy (non-hydrogen) atoms. The molecule has 3 nitrogen and oxygen atoms in total. The Morgan fingerprint density at radius 3 is 2.36 bits per heavy atom. The minimum absolute atomic E-state index is 0.219. The van der Waals surface area contributed by atoms with Crippen LogP contribution in [-0.4, -0.2) is 24.3 Å². The molecule has 0 saturated carbocycles. The van der Waals surface area contributed by atoms with Gasteiger partial charge in [-0.1, -0.05) is 6.92 Å². The summed E-state index contributed by atoms with van der Waals surface area (Å²) in [5.74, 6) is 0. The van der Waals surface area contributed by atoms with Gasteiger partial charge in [0.1, 0.15) is 5.54 Å². The van der Waals surface area contributed by atoms with E-state index in [9.17, 15) is 0 Å². The molecule has 0 rings (SSSR count). The molecular weight excluding hydrogens is 176 g/mol. The van der Waals surface area contributed by atoms with Crippen molar-refractivity contribution in [2.45, 2.75) is 58.7 Å². The first-order valence-corrected chi connectivity index (χ1v) is 5.24. The van der Waals surface area contributed by atoms with Gasteiger partial charge in [-0.25, -0.2) is 0 Å². The second-order valence-corrected chi connectivity index (χ2v) is 4.27. The van der Waals surface area contributed by atoms with Crippen molar-refractivity contribution in [2.75, 3.05) is 6.61 Å². The van der Waals surface area contributed by atoms with Crippen LogP contribution in [0.15, 0.2) is 0 Å². The Labute approximate surface area is 87.4 Å². The molecule has 2 atom stereocenters. The summed E-state index contributed by atoms with van der Waals surface area (Å²) in [6.07, 6.45) is 1.19. The lowest BCUT2D eigenvalue weighted by molar-refractivity contribution is 0.0341. The fourth-order valence-corrected chi connectivity index (χ4v) is 1.17. The van der Waals surface area contributed by atoms with E-state index in [-0.39, 0.29) is 6.10 Å². The van der Waals surface area contributed by atoms with Crippen molar-refractivity contribution in [1.82, 2.24) is 5.32 Å². The highest BCUT2D eigenvalue weighted by Crippen LogP contribution is 2.07. The topological polar surface area (TPSA) is 45.0 Å². The summed E-state index contributed by atoms with van der Waals surface area (Å²) in [5.41, 5.74) is -0.572. The van der Waals surface area contributed by atoms with E-state index < -0.39 is 5.54 Å². The summed E-state index contributed by atoms with van der Waals surface area (Å²) in [4.78, 5) is 0. The third-order valence-corrected chi connectivity index (χ3v) is 2.09. The summed E-state index contributed by atoms with van der Waals surface area (Å²) in [6, 6.07) is 2.54. The number of nitrogens with one attached hydrogen (secondary N) is 1. The molecule has 0 aliphatic rings. The molecule has 0 amide bonds. The Hall–Kier alpha value is -0.590. The second kappa shape index (κ2) is 6.00. The van der Waals surface area contributed by atoms with Gasteiger partial charge < -0.3 is 4.74 Å². The highest BCUT2D eigenvalue weighted by atomic mass is 16.5. The molecule has 0 spiro atoms. The van der Waals surface area contributed by atoms with Crippen LogP contribution < -0.4 is 5.32 Å². The first-order chi connectivity index (χ1) is 6.43. The van der Waals surface area contributed by atoms with Crippen LogP contribution in [-0.2, 0) is 4.74 Å². The van der Waals surface area contributed by atoms with Crippen molar-refractivity contribution in [3.63, 3.8) is 0 Å². The maximum atomic E-state index is 9.03. The molecule has 0 aromatic rings. The first kappa shape index (κ1) is 13.4. The maximum Gasteiger partial charge on any atom is 0.127 e. The van der Waals surface area contributed by atoms with Crippen molar-refractivity contribution in [2.24, 2.45) is 0 Å². The van der Waals surface area contributed by atoms with Crippen LogP contribution in [0.25, 0.3) is 0 Å². The van der Waals surface area contributed by atoms with Gasteiger partial charge in [-0.2, -0.15) is 5.26 Å². The fraction of sp³-hybridized carbons (Fsp3) is 0.909. The van der Waals surface area contributed by atoms with Gasteiger partial charge in [-0.3, -0.25) is 5.32 Å². The molecule has 0 saturated heterocycles. The number of hydrogen-bond donors (Lipinski definition) is 1. The Morgan fingerprint density at radius 2 is 2.00 bits per heavy atom. The van der Waals surface area contributed by atoms with Gasteiger partial charge in [0.2, 0.25) is 0 Å². The van der Waals surface area contributed by atoms with E-state index in [1.54, 1.807) is 0 Å². The van der Waals surface area contributed by atoms with Gasteiger partial charge in [-0.15, -0.1) is 0 Å². The van der Waals surface area contributed by atoms with Gasteiger partial charge in [-0.05, 0) is 34.1 Å². The molecular formula is C11H22N2O. The SMILES string of the molecule is CCC(C)OCC(C)(C#N)NC(C)C. The van der Waals surface area contributed by atoms with Crippen LogP contribution in [0.5, 0.6) is 0 Å². The zero-order valence-electron chi connectivity index (χ0n) is 9.92. The molecule has 0 aromatic carbocycles. The third kappa shape index (κ3) is 5.21. The number of hydrogen-bond acceptors (Lipinski definition) is 3. The summed E-state index contributed by atoms with van der Waals surface area (Å²) in [6.45, 7) is 10.5. The van der Waals surface area contributed by atoms with E-state index in [0.717, 1.165) is 6.42 Å². The Balaban J connectivity index is 4.07. The second-order valence-electron chi connectivity index (χ2n) is 4.27. The molecule has 0 radical (unpaired) electrons. The summed E-state index contributed by atoms with van der Waals surface area (Å²) in [5, 5.41) is 12.2. The molecule has 2 unspecified atom stereocenters. The number of rotatable bonds is 6. The molecule has 0 aliphatic carbocycles. The normalized spacial score (nSPS) is 17.5. The lowest BCUT2D eigenvalue weighted by atomic mass is 10.1. The maximum absolute atomic E-state index is 9.03. The van der Waals surface area contributed by atoms with Crippen molar-refractivity contribution in [3.05, 3.63) is 0 Å². The standard InChI is InChI=1S/C11H22N2O/c1-6-10(4)14-8-11(5,7-12)13-9(2)3/h9-10,13H,6,8H2,1-5H3. The number of nitrogens with zero attached hydrogens (tertiary/aromatic N) is 1. The van der Waals surface area contributed by atoms with E-state index in [4.69, 9.17) is 10.00 Å². The largest absolute Gasteiger partial charge is 0.375 e. The van der Waals surface area contributed by atoms with Crippen molar-refractivity contribution >= 4 is 0 Å². The molecule has 82 valence electrons. The van der Waals surface area contributed by atoms with Crippen LogP contribution in [0.1, 0.15) is 41.0 Å². The average molecular weight is 198 g/mol. The zero-order valence-corrected chi connectivity index (χ0v) is 9.92. The fourth-order valence-electron chi connectivity index (χ4n) is 1.17. The predicted octanol–water partition coefficient (Wildman–Crippen LogP) is 2.08. The summed E-state index contributed by atoms with van der Waals surface area (Å²) >= 11 is 0. The van der Waals surface area contributed by atoms with E-state index in [1.165, 1.54) is 0 Å². The molecule has 0 bridgehead atoms. The van der Waals surface area contributed by atoms with Crippen LogP contribution in [0.3, 0.4) is 0 Å². The smallest absolute Gasteiger partial charge is 0.127 e. The number of nitriles is 1. The van der Waals surface area contributed by atoms with E-state index in [1.807, 2.05) is 27.7 Å². The Morgan fingerprint density at radius 1 is 1.43 bits per heavy atom.